The van der Waals surface area contributed by atoms with Gasteiger partial charge in [0.05, 0.1) is 20.7 Å². The Labute approximate surface area is 140 Å². The topological polar surface area (TPSA) is 79.8 Å². The number of nitro groups is 1. The summed E-state index contributed by atoms with van der Waals surface area (Å²) in [4.78, 5) is 14.8. The molecule has 112 valence electrons. The van der Waals surface area contributed by atoms with Gasteiger partial charge < -0.3 is 0 Å². The standard InChI is InChI=1S/C16H8ClN3O2S/c17-13-6-5-12(20(21)22)8-10(13)7-11(9-18)16-19-14-3-1-2-4-15(14)23-16/h1-8H. The van der Waals surface area contributed by atoms with Crippen LogP contribution < -0.4 is 0 Å². The highest BCUT2D eigenvalue weighted by molar-refractivity contribution is 7.19. The lowest BCUT2D eigenvalue weighted by Crippen LogP contribution is -1.89. The summed E-state index contributed by atoms with van der Waals surface area (Å²) < 4.78 is 0.966. The van der Waals surface area contributed by atoms with Crippen molar-refractivity contribution in [2.24, 2.45) is 0 Å². The number of halogens is 1. The first-order valence-corrected chi connectivity index (χ1v) is 7.69. The van der Waals surface area contributed by atoms with Crippen molar-refractivity contribution >= 4 is 50.5 Å². The number of non-ortho nitro benzene ring substituents is 1. The van der Waals surface area contributed by atoms with Crippen LogP contribution >= 0.6 is 22.9 Å². The average Bonchev–Trinajstić information content (AvgIpc) is 2.97. The molecule has 0 unspecified atom stereocenters. The van der Waals surface area contributed by atoms with Crippen molar-refractivity contribution < 1.29 is 4.92 Å². The molecule has 0 bridgehead atoms. The number of aromatic nitrogens is 1. The van der Waals surface area contributed by atoms with Gasteiger partial charge in [-0.25, -0.2) is 4.98 Å². The molecule has 0 aliphatic heterocycles. The maximum Gasteiger partial charge on any atom is 0.270 e. The summed E-state index contributed by atoms with van der Waals surface area (Å²) >= 11 is 7.46. The van der Waals surface area contributed by atoms with E-state index < -0.39 is 4.92 Å². The Morgan fingerprint density at radius 1 is 1.35 bits per heavy atom. The summed E-state index contributed by atoms with van der Waals surface area (Å²) in [5, 5.41) is 21.2. The van der Waals surface area contributed by atoms with Crippen LogP contribution in [0.2, 0.25) is 5.02 Å². The van der Waals surface area contributed by atoms with Gasteiger partial charge in [-0.15, -0.1) is 11.3 Å². The fourth-order valence-electron chi connectivity index (χ4n) is 2.04. The molecule has 2 aromatic carbocycles. The summed E-state index contributed by atoms with van der Waals surface area (Å²) in [6.45, 7) is 0. The Morgan fingerprint density at radius 3 is 2.83 bits per heavy atom. The van der Waals surface area contributed by atoms with Crippen molar-refractivity contribution in [3.63, 3.8) is 0 Å². The van der Waals surface area contributed by atoms with Crippen molar-refractivity contribution in [1.82, 2.24) is 4.98 Å². The molecule has 3 rings (SSSR count). The van der Waals surface area contributed by atoms with E-state index in [9.17, 15) is 15.4 Å². The monoisotopic (exact) mass is 341 g/mol. The predicted octanol–water partition coefficient (Wildman–Crippen LogP) is 4.92. The van der Waals surface area contributed by atoms with Gasteiger partial charge in [0.25, 0.3) is 5.69 Å². The lowest BCUT2D eigenvalue weighted by atomic mass is 10.1. The number of nitrogens with zero attached hydrogens (tertiary/aromatic N) is 3. The van der Waals surface area contributed by atoms with Crippen molar-refractivity contribution in [3.05, 3.63) is 68.2 Å². The molecule has 0 aliphatic carbocycles. The molecular weight excluding hydrogens is 334 g/mol. The number of hydrogen-bond acceptors (Lipinski definition) is 5. The Balaban J connectivity index is 2.10. The van der Waals surface area contributed by atoms with E-state index in [0.29, 0.717) is 21.2 Å². The van der Waals surface area contributed by atoms with Crippen LogP contribution in [0.25, 0.3) is 21.9 Å². The summed E-state index contributed by atoms with van der Waals surface area (Å²) in [7, 11) is 0. The molecular formula is C16H8ClN3O2S. The third-order valence-corrected chi connectivity index (χ3v) is 4.55. The molecule has 1 heterocycles. The first-order chi connectivity index (χ1) is 11.1. The van der Waals surface area contributed by atoms with E-state index in [1.165, 1.54) is 35.6 Å². The molecule has 0 spiro atoms. The fourth-order valence-corrected chi connectivity index (χ4v) is 3.14. The number of allylic oxidation sites excluding steroid dienone is 1. The number of nitro benzene ring substituents is 1. The largest absolute Gasteiger partial charge is 0.270 e. The van der Waals surface area contributed by atoms with Gasteiger partial charge in [-0.3, -0.25) is 10.1 Å². The third kappa shape index (κ3) is 3.06. The van der Waals surface area contributed by atoms with Gasteiger partial charge in [-0.1, -0.05) is 23.7 Å². The summed E-state index contributed by atoms with van der Waals surface area (Å²) in [5.41, 5.74) is 1.45. The molecule has 0 fully saturated rings. The molecule has 1 aromatic heterocycles. The van der Waals surface area contributed by atoms with Crippen molar-refractivity contribution in [2.45, 2.75) is 0 Å². The molecule has 0 atom stereocenters. The van der Waals surface area contributed by atoms with Gasteiger partial charge in [0.2, 0.25) is 0 Å². The normalized spacial score (nSPS) is 11.4. The van der Waals surface area contributed by atoms with Gasteiger partial charge >= 0.3 is 0 Å². The molecule has 23 heavy (non-hydrogen) atoms. The maximum atomic E-state index is 10.9. The van der Waals surface area contributed by atoms with Crippen LogP contribution in [-0.4, -0.2) is 9.91 Å². The number of rotatable bonds is 3. The highest BCUT2D eigenvalue weighted by Crippen LogP contribution is 2.30. The van der Waals surface area contributed by atoms with Crippen LogP contribution in [0.1, 0.15) is 10.6 Å². The Morgan fingerprint density at radius 2 is 2.13 bits per heavy atom. The molecule has 0 N–H and O–H groups in total. The van der Waals surface area contributed by atoms with Crippen molar-refractivity contribution in [3.8, 4) is 6.07 Å². The summed E-state index contributed by atoms with van der Waals surface area (Å²) in [6, 6.07) is 13.8. The van der Waals surface area contributed by atoms with Gasteiger partial charge in [-0.05, 0) is 24.3 Å². The van der Waals surface area contributed by atoms with Crippen LogP contribution in [0, 0.1) is 21.4 Å². The fraction of sp³-hybridized carbons (Fsp3) is 0. The van der Waals surface area contributed by atoms with Gasteiger partial charge in [0.15, 0.2) is 0 Å². The highest BCUT2D eigenvalue weighted by atomic mass is 35.5. The quantitative estimate of drug-likeness (QED) is 0.384. The SMILES string of the molecule is N#CC(=Cc1cc([N+](=O)[O-])ccc1Cl)c1nc2ccccc2s1. The number of nitriles is 1. The van der Waals surface area contributed by atoms with Crippen molar-refractivity contribution in [1.29, 1.82) is 5.26 Å². The second kappa shape index (κ2) is 6.16. The van der Waals surface area contributed by atoms with E-state index in [2.05, 4.69) is 11.1 Å². The minimum absolute atomic E-state index is 0.0813. The summed E-state index contributed by atoms with van der Waals surface area (Å²) in [5.74, 6) is 0. The zero-order valence-corrected chi connectivity index (χ0v) is 13.1. The molecule has 7 heteroatoms. The zero-order valence-electron chi connectivity index (χ0n) is 11.6. The van der Waals surface area contributed by atoms with Crippen LogP contribution in [0.4, 0.5) is 5.69 Å². The molecule has 0 saturated heterocycles. The molecule has 5 nitrogen and oxygen atoms in total. The van der Waals surface area contributed by atoms with Gasteiger partial charge in [-0.2, -0.15) is 5.26 Å². The molecule has 0 amide bonds. The van der Waals surface area contributed by atoms with E-state index in [1.807, 2.05) is 24.3 Å². The van der Waals surface area contributed by atoms with Gasteiger partial charge in [0.1, 0.15) is 11.1 Å². The Bertz CT molecular complexity index is 955. The summed E-state index contributed by atoms with van der Waals surface area (Å²) in [6.07, 6.45) is 1.52. The van der Waals surface area contributed by atoms with Crippen molar-refractivity contribution in [2.75, 3.05) is 0 Å². The Kier molecular flexibility index (Phi) is 4.06. The van der Waals surface area contributed by atoms with E-state index in [4.69, 9.17) is 11.6 Å². The highest BCUT2D eigenvalue weighted by Gasteiger charge is 2.12. The van der Waals surface area contributed by atoms with Crippen LogP contribution in [0.5, 0.6) is 0 Å². The minimum atomic E-state index is -0.503. The maximum absolute atomic E-state index is 10.9. The van der Waals surface area contributed by atoms with E-state index >= 15 is 0 Å². The van der Waals surface area contributed by atoms with Gasteiger partial charge in [0, 0.05) is 22.7 Å². The molecule has 0 aliphatic rings. The number of fused-ring (bicyclic) bond motifs is 1. The lowest BCUT2D eigenvalue weighted by Gasteiger charge is -1.99. The second-order valence-electron chi connectivity index (χ2n) is 4.62. The smallest absolute Gasteiger partial charge is 0.258 e. The van der Waals surface area contributed by atoms with Crippen LogP contribution in [0.15, 0.2) is 42.5 Å². The zero-order chi connectivity index (χ0) is 16.4. The average molecular weight is 342 g/mol. The number of benzene rings is 2. The molecule has 3 aromatic rings. The number of hydrogen-bond donors (Lipinski definition) is 0. The first-order valence-electron chi connectivity index (χ1n) is 6.50. The van der Waals surface area contributed by atoms with Crippen LogP contribution in [0.3, 0.4) is 0 Å². The Hall–Kier alpha value is -2.75. The first kappa shape index (κ1) is 15.2. The van der Waals surface area contributed by atoms with E-state index in [-0.39, 0.29) is 5.69 Å². The molecule has 0 radical (unpaired) electrons. The van der Waals surface area contributed by atoms with E-state index in [1.54, 1.807) is 0 Å². The predicted molar refractivity (Wildman–Crippen MR) is 91.2 cm³/mol. The number of para-hydroxylation sites is 1. The lowest BCUT2D eigenvalue weighted by molar-refractivity contribution is -0.384. The minimum Gasteiger partial charge on any atom is -0.258 e. The van der Waals surface area contributed by atoms with E-state index in [0.717, 1.165) is 10.2 Å². The molecule has 0 saturated carbocycles. The second-order valence-corrected chi connectivity index (χ2v) is 6.06. The third-order valence-electron chi connectivity index (χ3n) is 3.13. The van der Waals surface area contributed by atoms with Crippen LogP contribution in [-0.2, 0) is 0 Å². The number of thiazole rings is 1.